The maximum Gasteiger partial charge on any atom is 0.344 e. The molecule has 0 radical (unpaired) electrons. The largest absolute Gasteiger partial charge is 0.494 e. The molecule has 0 aliphatic heterocycles. The second-order valence-electron chi connectivity index (χ2n) is 6.62. The highest BCUT2D eigenvalue weighted by Gasteiger charge is 2.22. The lowest BCUT2D eigenvalue weighted by Gasteiger charge is -2.23. The van der Waals surface area contributed by atoms with Crippen LogP contribution >= 0.6 is 0 Å². The molecule has 154 valence electrons. The number of carbonyl (C=O) groups excluding carboxylic acids is 3. The van der Waals surface area contributed by atoms with Crippen LogP contribution < -0.4 is 20.1 Å². The van der Waals surface area contributed by atoms with E-state index in [4.69, 9.17) is 14.2 Å². The quantitative estimate of drug-likeness (QED) is 0.659. The Kier molecular flexibility index (Phi) is 8.58. The first-order chi connectivity index (χ1) is 13.5. The van der Waals surface area contributed by atoms with E-state index in [1.165, 1.54) is 13.3 Å². The summed E-state index contributed by atoms with van der Waals surface area (Å²) in [5, 5.41) is 4.98. The van der Waals surface area contributed by atoms with Crippen LogP contribution in [-0.4, -0.2) is 43.3 Å². The smallest absolute Gasteiger partial charge is 0.344 e. The Balaban J connectivity index is 1.68. The van der Waals surface area contributed by atoms with Crippen LogP contribution in [0.15, 0.2) is 24.3 Å². The number of esters is 1. The maximum absolute atomic E-state index is 12.0. The van der Waals surface area contributed by atoms with Crippen LogP contribution in [0, 0.1) is 0 Å². The summed E-state index contributed by atoms with van der Waals surface area (Å²) in [5.41, 5.74) is 0. The lowest BCUT2D eigenvalue weighted by Crippen LogP contribution is -2.48. The molecular weight excluding hydrogens is 364 g/mol. The third kappa shape index (κ3) is 7.46. The molecule has 1 fully saturated rings. The minimum Gasteiger partial charge on any atom is -0.494 e. The average Bonchev–Trinajstić information content (AvgIpc) is 2.68. The van der Waals surface area contributed by atoms with Gasteiger partial charge in [-0.15, -0.1) is 0 Å². The maximum atomic E-state index is 12.0. The molecule has 28 heavy (non-hydrogen) atoms. The molecule has 0 bridgehead atoms. The molecule has 0 saturated heterocycles. The predicted octanol–water partition coefficient (Wildman–Crippen LogP) is 2.55. The van der Waals surface area contributed by atoms with E-state index in [1.54, 1.807) is 24.3 Å². The van der Waals surface area contributed by atoms with Crippen molar-refractivity contribution in [2.24, 2.45) is 0 Å². The molecule has 0 heterocycles. The van der Waals surface area contributed by atoms with E-state index in [0.717, 1.165) is 25.7 Å². The number of benzene rings is 1. The van der Waals surface area contributed by atoms with Gasteiger partial charge in [-0.25, -0.2) is 9.59 Å². The zero-order chi connectivity index (χ0) is 20.4. The van der Waals surface area contributed by atoms with Gasteiger partial charge in [-0.1, -0.05) is 19.3 Å². The highest BCUT2D eigenvalue weighted by molar-refractivity contribution is 5.97. The SMILES string of the molecule is CCOc1ccc(OCC(=O)O[C@H](C)C(=O)NC(=O)NC2CCCCC2)cc1. The molecule has 1 saturated carbocycles. The summed E-state index contributed by atoms with van der Waals surface area (Å²) in [6.45, 7) is 3.50. The van der Waals surface area contributed by atoms with Crippen molar-refractivity contribution in [3.8, 4) is 11.5 Å². The zero-order valence-electron chi connectivity index (χ0n) is 16.4. The minimum atomic E-state index is -1.10. The van der Waals surface area contributed by atoms with Gasteiger partial charge in [0.25, 0.3) is 5.91 Å². The van der Waals surface area contributed by atoms with Gasteiger partial charge in [-0.05, 0) is 51.0 Å². The normalized spacial score (nSPS) is 15.2. The molecule has 1 atom stereocenters. The minimum absolute atomic E-state index is 0.0851. The summed E-state index contributed by atoms with van der Waals surface area (Å²) in [5.74, 6) is -0.203. The molecule has 1 aromatic rings. The summed E-state index contributed by atoms with van der Waals surface area (Å²) >= 11 is 0. The highest BCUT2D eigenvalue weighted by atomic mass is 16.6. The molecule has 1 aliphatic rings. The van der Waals surface area contributed by atoms with Gasteiger partial charge in [0.15, 0.2) is 12.7 Å². The Labute approximate surface area is 164 Å². The number of amides is 3. The van der Waals surface area contributed by atoms with E-state index in [9.17, 15) is 14.4 Å². The van der Waals surface area contributed by atoms with Crippen LogP contribution in [0.25, 0.3) is 0 Å². The zero-order valence-corrected chi connectivity index (χ0v) is 16.4. The molecule has 0 aromatic heterocycles. The Bertz CT molecular complexity index is 655. The standard InChI is InChI=1S/C20H28N2O6/c1-3-26-16-9-11-17(12-10-16)27-13-18(23)28-14(2)19(24)22-20(25)21-15-7-5-4-6-8-15/h9-12,14-15H,3-8,13H2,1-2H3,(H2,21,22,24,25)/t14-/m1/s1. The molecule has 8 heteroatoms. The van der Waals surface area contributed by atoms with Gasteiger partial charge in [-0.3, -0.25) is 10.1 Å². The molecule has 8 nitrogen and oxygen atoms in total. The van der Waals surface area contributed by atoms with Crippen LogP contribution in [0.2, 0.25) is 0 Å². The lowest BCUT2D eigenvalue weighted by molar-refractivity contribution is -0.156. The molecule has 0 unspecified atom stereocenters. The second kappa shape index (κ2) is 11.2. The fourth-order valence-corrected chi connectivity index (χ4v) is 2.91. The number of carbonyl (C=O) groups is 3. The van der Waals surface area contributed by atoms with E-state index < -0.39 is 24.0 Å². The van der Waals surface area contributed by atoms with Crippen LogP contribution in [0.3, 0.4) is 0 Å². The number of hydrogen-bond donors (Lipinski definition) is 2. The molecule has 2 rings (SSSR count). The first-order valence-electron chi connectivity index (χ1n) is 9.64. The van der Waals surface area contributed by atoms with Crippen molar-refractivity contribution in [3.63, 3.8) is 0 Å². The van der Waals surface area contributed by atoms with Crippen molar-refractivity contribution in [1.29, 1.82) is 0 Å². The highest BCUT2D eigenvalue weighted by Crippen LogP contribution is 2.18. The van der Waals surface area contributed by atoms with Crippen LogP contribution in [-0.2, 0) is 14.3 Å². The van der Waals surface area contributed by atoms with Crippen LogP contribution in [0.1, 0.15) is 46.0 Å². The molecule has 1 aromatic carbocycles. The Morgan fingerprint density at radius 1 is 1.04 bits per heavy atom. The predicted molar refractivity (Wildman–Crippen MR) is 102 cm³/mol. The Hall–Kier alpha value is -2.77. The van der Waals surface area contributed by atoms with Crippen molar-refractivity contribution < 1.29 is 28.6 Å². The van der Waals surface area contributed by atoms with E-state index in [-0.39, 0.29) is 12.6 Å². The van der Waals surface area contributed by atoms with Crippen molar-refractivity contribution in [1.82, 2.24) is 10.6 Å². The first-order valence-corrected chi connectivity index (χ1v) is 9.64. The van der Waals surface area contributed by atoms with Gasteiger partial charge in [0, 0.05) is 6.04 Å². The number of rotatable bonds is 8. The van der Waals surface area contributed by atoms with E-state index in [0.29, 0.717) is 18.1 Å². The van der Waals surface area contributed by atoms with Gasteiger partial charge in [0.1, 0.15) is 11.5 Å². The summed E-state index contributed by atoms with van der Waals surface area (Å²) in [4.78, 5) is 35.7. The van der Waals surface area contributed by atoms with Gasteiger partial charge < -0.3 is 19.5 Å². The number of nitrogens with one attached hydrogen (secondary N) is 2. The van der Waals surface area contributed by atoms with Crippen LogP contribution in [0.5, 0.6) is 11.5 Å². The van der Waals surface area contributed by atoms with Crippen molar-refractivity contribution in [2.45, 2.75) is 58.1 Å². The van der Waals surface area contributed by atoms with E-state index >= 15 is 0 Å². The fourth-order valence-electron chi connectivity index (χ4n) is 2.91. The third-order valence-corrected chi connectivity index (χ3v) is 4.35. The van der Waals surface area contributed by atoms with Gasteiger partial charge in [0.05, 0.1) is 6.61 Å². The van der Waals surface area contributed by atoms with Crippen LogP contribution in [0.4, 0.5) is 4.79 Å². The fraction of sp³-hybridized carbons (Fsp3) is 0.550. The number of urea groups is 1. The summed E-state index contributed by atoms with van der Waals surface area (Å²) in [6.07, 6.45) is 4.03. The van der Waals surface area contributed by atoms with Crippen molar-refractivity contribution in [3.05, 3.63) is 24.3 Å². The summed E-state index contributed by atoms with van der Waals surface area (Å²) in [6, 6.07) is 6.32. The van der Waals surface area contributed by atoms with E-state index in [1.807, 2.05) is 6.92 Å². The van der Waals surface area contributed by atoms with Gasteiger partial charge >= 0.3 is 12.0 Å². The first kappa shape index (κ1) is 21.5. The topological polar surface area (TPSA) is 103 Å². The summed E-state index contributed by atoms with van der Waals surface area (Å²) < 4.78 is 15.6. The second-order valence-corrected chi connectivity index (χ2v) is 6.62. The molecule has 0 spiro atoms. The number of hydrogen-bond acceptors (Lipinski definition) is 6. The monoisotopic (exact) mass is 392 g/mol. The average molecular weight is 392 g/mol. The van der Waals surface area contributed by atoms with Crippen molar-refractivity contribution in [2.75, 3.05) is 13.2 Å². The third-order valence-electron chi connectivity index (χ3n) is 4.35. The summed E-state index contributed by atoms with van der Waals surface area (Å²) in [7, 11) is 0. The number of ether oxygens (including phenoxy) is 3. The lowest BCUT2D eigenvalue weighted by atomic mass is 9.96. The molecular formula is C20H28N2O6. The number of imide groups is 1. The van der Waals surface area contributed by atoms with Crippen molar-refractivity contribution >= 4 is 17.9 Å². The van der Waals surface area contributed by atoms with E-state index in [2.05, 4.69) is 10.6 Å². The van der Waals surface area contributed by atoms with Gasteiger partial charge in [-0.2, -0.15) is 0 Å². The molecule has 2 N–H and O–H groups in total. The molecule has 1 aliphatic carbocycles. The molecule has 3 amide bonds. The van der Waals surface area contributed by atoms with Gasteiger partial charge in [0.2, 0.25) is 0 Å². The Morgan fingerprint density at radius 2 is 1.64 bits per heavy atom. The Morgan fingerprint density at radius 3 is 2.25 bits per heavy atom.